The smallest absolute Gasteiger partial charge is 0.242 e. The average molecular weight is 242 g/mol. The maximum Gasteiger partial charge on any atom is 0.242 e. The quantitative estimate of drug-likeness (QED) is 0.712. The zero-order valence-corrected chi connectivity index (χ0v) is 11.6. The molecule has 1 fully saturated rings. The van der Waals surface area contributed by atoms with Crippen molar-refractivity contribution in [3.8, 4) is 0 Å². The molecule has 0 spiro atoms. The fourth-order valence-corrected chi connectivity index (χ4v) is 2.27. The molecule has 0 unspecified atom stereocenters. The number of nitrogens with two attached hydrogens (primary N) is 2. The van der Waals surface area contributed by atoms with Crippen LogP contribution in [0.15, 0.2) is 0 Å². The van der Waals surface area contributed by atoms with Gasteiger partial charge in [-0.2, -0.15) is 0 Å². The Morgan fingerprint density at radius 2 is 1.88 bits per heavy atom. The Hall–Kier alpha value is -0.650. The summed E-state index contributed by atoms with van der Waals surface area (Å²) in [6, 6.07) is 0.558. The van der Waals surface area contributed by atoms with Crippen molar-refractivity contribution in [2.45, 2.75) is 58.4 Å². The summed E-state index contributed by atoms with van der Waals surface area (Å²) in [5.41, 5.74) is 11.1. The molecule has 1 aliphatic rings. The minimum absolute atomic E-state index is 0.0242. The molecule has 100 valence electrons. The van der Waals surface area contributed by atoms with Gasteiger partial charge in [-0.05, 0) is 34.6 Å². The summed E-state index contributed by atoms with van der Waals surface area (Å²) >= 11 is 0. The molecule has 1 saturated heterocycles. The predicted molar refractivity (Wildman–Crippen MR) is 69.3 cm³/mol. The SMILES string of the molecule is CC(C)N1C[C@H](C)N(C(=O)C(C)(C)N)C[C@H]1N. The van der Waals surface area contributed by atoms with Gasteiger partial charge in [-0.25, -0.2) is 0 Å². The Morgan fingerprint density at radius 1 is 1.35 bits per heavy atom. The Kier molecular flexibility index (Phi) is 4.17. The highest BCUT2D eigenvalue weighted by atomic mass is 16.2. The van der Waals surface area contributed by atoms with Crippen molar-refractivity contribution in [1.82, 2.24) is 9.80 Å². The van der Waals surface area contributed by atoms with Crippen LogP contribution in [0.2, 0.25) is 0 Å². The van der Waals surface area contributed by atoms with Gasteiger partial charge in [-0.3, -0.25) is 9.69 Å². The van der Waals surface area contributed by atoms with E-state index in [4.69, 9.17) is 11.5 Å². The van der Waals surface area contributed by atoms with Crippen LogP contribution in [0.5, 0.6) is 0 Å². The monoisotopic (exact) mass is 242 g/mol. The lowest BCUT2D eigenvalue weighted by molar-refractivity contribution is -0.142. The number of hydrogen-bond donors (Lipinski definition) is 2. The maximum atomic E-state index is 12.2. The summed E-state index contributed by atoms with van der Waals surface area (Å²) in [6.45, 7) is 11.1. The van der Waals surface area contributed by atoms with Crippen LogP contribution >= 0.6 is 0 Å². The number of nitrogens with zero attached hydrogens (tertiary/aromatic N) is 2. The van der Waals surface area contributed by atoms with Gasteiger partial charge in [-0.15, -0.1) is 0 Å². The molecule has 4 N–H and O–H groups in total. The second-order valence-electron chi connectivity index (χ2n) is 5.89. The van der Waals surface area contributed by atoms with Gasteiger partial charge in [-0.1, -0.05) is 0 Å². The Morgan fingerprint density at radius 3 is 2.29 bits per heavy atom. The van der Waals surface area contributed by atoms with Gasteiger partial charge in [0.05, 0.1) is 11.7 Å². The van der Waals surface area contributed by atoms with E-state index in [2.05, 4.69) is 18.7 Å². The van der Waals surface area contributed by atoms with E-state index >= 15 is 0 Å². The van der Waals surface area contributed by atoms with Crippen LogP contribution < -0.4 is 11.5 Å². The zero-order chi connectivity index (χ0) is 13.4. The topological polar surface area (TPSA) is 75.6 Å². The van der Waals surface area contributed by atoms with Crippen molar-refractivity contribution in [2.24, 2.45) is 11.5 Å². The Bertz CT molecular complexity index is 285. The zero-order valence-electron chi connectivity index (χ0n) is 11.6. The first-order chi connectivity index (χ1) is 7.64. The van der Waals surface area contributed by atoms with Crippen LogP contribution in [0.25, 0.3) is 0 Å². The van der Waals surface area contributed by atoms with E-state index < -0.39 is 5.54 Å². The lowest BCUT2D eigenvalue weighted by Gasteiger charge is -2.47. The lowest BCUT2D eigenvalue weighted by atomic mass is 10.0. The van der Waals surface area contributed by atoms with Crippen LogP contribution in [-0.2, 0) is 4.79 Å². The van der Waals surface area contributed by atoms with E-state index in [1.54, 1.807) is 13.8 Å². The maximum absolute atomic E-state index is 12.2. The van der Waals surface area contributed by atoms with Gasteiger partial charge < -0.3 is 16.4 Å². The summed E-state index contributed by atoms with van der Waals surface area (Å²) in [5.74, 6) is -0.0242. The summed E-state index contributed by atoms with van der Waals surface area (Å²) in [7, 11) is 0. The molecule has 0 aliphatic carbocycles. The van der Waals surface area contributed by atoms with Crippen LogP contribution in [-0.4, -0.2) is 52.6 Å². The van der Waals surface area contributed by atoms with Crippen LogP contribution in [0.4, 0.5) is 0 Å². The van der Waals surface area contributed by atoms with Crippen molar-refractivity contribution in [3.63, 3.8) is 0 Å². The minimum atomic E-state index is -0.825. The fourth-order valence-electron chi connectivity index (χ4n) is 2.27. The number of amides is 1. The molecule has 1 amide bonds. The van der Waals surface area contributed by atoms with Crippen LogP contribution in [0.3, 0.4) is 0 Å². The summed E-state index contributed by atoms with van der Waals surface area (Å²) in [5, 5.41) is 0. The molecule has 0 aromatic carbocycles. The summed E-state index contributed by atoms with van der Waals surface area (Å²) in [6.07, 6.45) is -0.0995. The first kappa shape index (κ1) is 14.4. The van der Waals surface area contributed by atoms with E-state index in [-0.39, 0.29) is 18.1 Å². The average Bonchev–Trinajstić information content (AvgIpc) is 2.18. The van der Waals surface area contributed by atoms with Crippen molar-refractivity contribution < 1.29 is 4.79 Å². The third-order valence-corrected chi connectivity index (χ3v) is 3.29. The normalized spacial score (nSPS) is 27.6. The number of hydrogen-bond acceptors (Lipinski definition) is 4. The number of carbonyl (C=O) groups excluding carboxylic acids is 1. The number of piperazine rings is 1. The summed E-state index contributed by atoms with van der Waals surface area (Å²) < 4.78 is 0. The van der Waals surface area contributed by atoms with Crippen molar-refractivity contribution in [1.29, 1.82) is 0 Å². The highest BCUT2D eigenvalue weighted by Crippen LogP contribution is 2.18. The standard InChI is InChI=1S/C12H26N4O/c1-8(2)15-6-9(3)16(7-10(15)13)11(17)12(4,5)14/h8-10H,6-7,13-14H2,1-5H3/t9-,10-/m0/s1. The molecular formula is C12H26N4O. The second kappa shape index (κ2) is 4.92. The summed E-state index contributed by atoms with van der Waals surface area (Å²) in [4.78, 5) is 16.2. The van der Waals surface area contributed by atoms with Gasteiger partial charge in [0.25, 0.3) is 0 Å². The first-order valence-corrected chi connectivity index (χ1v) is 6.26. The largest absolute Gasteiger partial charge is 0.334 e. The highest BCUT2D eigenvalue weighted by molar-refractivity contribution is 5.85. The van der Waals surface area contributed by atoms with Gasteiger partial charge in [0.15, 0.2) is 0 Å². The molecule has 5 nitrogen and oxygen atoms in total. The molecule has 0 radical (unpaired) electrons. The van der Waals surface area contributed by atoms with Gasteiger partial charge in [0, 0.05) is 25.2 Å². The third kappa shape index (κ3) is 3.18. The number of rotatable bonds is 2. The third-order valence-electron chi connectivity index (χ3n) is 3.29. The van der Waals surface area contributed by atoms with E-state index in [9.17, 15) is 4.79 Å². The number of carbonyl (C=O) groups is 1. The Balaban J connectivity index is 2.77. The van der Waals surface area contributed by atoms with Crippen molar-refractivity contribution in [2.75, 3.05) is 13.1 Å². The molecule has 1 rings (SSSR count). The lowest BCUT2D eigenvalue weighted by Crippen LogP contribution is -2.66. The molecular weight excluding hydrogens is 216 g/mol. The van der Waals surface area contributed by atoms with E-state index in [0.29, 0.717) is 12.6 Å². The first-order valence-electron chi connectivity index (χ1n) is 6.26. The van der Waals surface area contributed by atoms with Gasteiger partial charge in [0.1, 0.15) is 0 Å². The molecule has 1 aliphatic heterocycles. The van der Waals surface area contributed by atoms with E-state index in [1.807, 2.05) is 11.8 Å². The van der Waals surface area contributed by atoms with E-state index in [0.717, 1.165) is 6.54 Å². The molecule has 17 heavy (non-hydrogen) atoms. The highest BCUT2D eigenvalue weighted by Gasteiger charge is 2.37. The fraction of sp³-hybridized carbons (Fsp3) is 0.917. The van der Waals surface area contributed by atoms with Crippen LogP contribution in [0, 0.1) is 0 Å². The molecule has 2 atom stereocenters. The molecule has 1 heterocycles. The molecule has 0 saturated carbocycles. The van der Waals surface area contributed by atoms with Crippen molar-refractivity contribution >= 4 is 5.91 Å². The molecule has 0 aromatic heterocycles. The van der Waals surface area contributed by atoms with Crippen LogP contribution in [0.1, 0.15) is 34.6 Å². The van der Waals surface area contributed by atoms with Crippen molar-refractivity contribution in [3.05, 3.63) is 0 Å². The van der Waals surface area contributed by atoms with Gasteiger partial charge in [0.2, 0.25) is 5.91 Å². The molecule has 5 heteroatoms. The predicted octanol–water partition coefficient (Wildman–Crippen LogP) is -0.0504. The second-order valence-corrected chi connectivity index (χ2v) is 5.89. The molecule has 0 bridgehead atoms. The molecule has 0 aromatic rings. The Labute approximate surface area is 104 Å². The van der Waals surface area contributed by atoms with E-state index in [1.165, 1.54) is 0 Å². The van der Waals surface area contributed by atoms with Gasteiger partial charge >= 0.3 is 0 Å². The minimum Gasteiger partial charge on any atom is -0.334 e.